The van der Waals surface area contributed by atoms with Crippen molar-refractivity contribution < 1.29 is 4.79 Å². The highest BCUT2D eigenvalue weighted by Gasteiger charge is 2.33. The molecule has 5 rings (SSSR count). The number of carbonyl (C=O) groups is 1. The summed E-state index contributed by atoms with van der Waals surface area (Å²) >= 11 is 1.41. The summed E-state index contributed by atoms with van der Waals surface area (Å²) in [5, 5.41) is 4.28. The third-order valence-corrected chi connectivity index (χ3v) is 7.59. The van der Waals surface area contributed by atoms with Gasteiger partial charge in [-0.05, 0) is 44.6 Å². The Balaban J connectivity index is 1.54. The Bertz CT molecular complexity index is 963. The van der Waals surface area contributed by atoms with Crippen LogP contribution in [0.25, 0.3) is 10.2 Å². The molecule has 2 aromatic heterocycles. The van der Waals surface area contributed by atoms with Gasteiger partial charge in [-0.2, -0.15) is 0 Å². The van der Waals surface area contributed by atoms with Crippen LogP contribution in [0.1, 0.15) is 59.6 Å². The van der Waals surface area contributed by atoms with Crippen molar-refractivity contribution in [2.45, 2.75) is 70.5 Å². The van der Waals surface area contributed by atoms with E-state index in [1.807, 2.05) is 16.4 Å². The molecule has 2 saturated heterocycles. The van der Waals surface area contributed by atoms with E-state index in [1.165, 1.54) is 17.8 Å². The first-order chi connectivity index (χ1) is 13.1. The van der Waals surface area contributed by atoms with E-state index in [-0.39, 0.29) is 11.5 Å². The zero-order valence-corrected chi connectivity index (χ0v) is 16.6. The fourth-order valence-corrected chi connectivity index (χ4v) is 6.04. The molecule has 1 N–H and O–H groups in total. The second-order valence-electron chi connectivity index (χ2n) is 8.21. The van der Waals surface area contributed by atoms with E-state index in [2.05, 4.69) is 5.32 Å². The molecule has 0 radical (unpaired) electrons. The largest absolute Gasteiger partial charge is 0.336 e. The monoisotopic (exact) mass is 386 g/mol. The Morgan fingerprint density at radius 1 is 1.15 bits per heavy atom. The summed E-state index contributed by atoms with van der Waals surface area (Å²) in [6.45, 7) is 4.23. The van der Waals surface area contributed by atoms with Gasteiger partial charge in [0, 0.05) is 38.1 Å². The predicted molar refractivity (Wildman–Crippen MR) is 107 cm³/mol. The summed E-state index contributed by atoms with van der Waals surface area (Å²) in [7, 11) is 0. The fourth-order valence-electron chi connectivity index (χ4n) is 4.88. The maximum atomic E-state index is 13.3. The highest BCUT2D eigenvalue weighted by atomic mass is 32.1. The van der Waals surface area contributed by atoms with Gasteiger partial charge in [0.25, 0.3) is 11.5 Å². The van der Waals surface area contributed by atoms with Crippen LogP contribution in [0.3, 0.4) is 0 Å². The first-order valence-corrected chi connectivity index (χ1v) is 11.0. The minimum atomic E-state index is 0.0429. The van der Waals surface area contributed by atoms with Crippen LogP contribution >= 0.6 is 11.3 Å². The van der Waals surface area contributed by atoms with Gasteiger partial charge in [-0.15, -0.1) is 11.3 Å². The number of nitrogens with zero attached hydrogens (tertiary/aromatic N) is 3. The zero-order valence-electron chi connectivity index (χ0n) is 15.8. The standard InChI is InChI=1S/C20H26N4O2S/c1-12-16-18(22-15-5-3-2-4-9-24(15)19(16)25)27-17(12)20(26)23-10-8-13-6-7-14(11-23)21-13/h13-14,21H,2-11H2,1H3. The van der Waals surface area contributed by atoms with Crippen molar-refractivity contribution in [3.05, 3.63) is 26.6 Å². The quantitative estimate of drug-likeness (QED) is 0.818. The first kappa shape index (κ1) is 17.4. The van der Waals surface area contributed by atoms with Gasteiger partial charge in [-0.3, -0.25) is 14.2 Å². The van der Waals surface area contributed by atoms with E-state index in [1.54, 1.807) is 0 Å². The number of rotatable bonds is 1. The molecule has 0 aliphatic carbocycles. The molecule has 6 nitrogen and oxygen atoms in total. The van der Waals surface area contributed by atoms with E-state index in [4.69, 9.17) is 4.98 Å². The Kier molecular flexibility index (Phi) is 4.31. The molecular formula is C20H26N4O2S. The van der Waals surface area contributed by atoms with Crippen molar-refractivity contribution >= 4 is 27.5 Å². The van der Waals surface area contributed by atoms with Crippen molar-refractivity contribution in [1.29, 1.82) is 0 Å². The molecule has 27 heavy (non-hydrogen) atoms. The number of aromatic nitrogens is 2. The van der Waals surface area contributed by atoms with Gasteiger partial charge in [-0.1, -0.05) is 6.42 Å². The molecule has 1 amide bonds. The molecule has 0 saturated carbocycles. The van der Waals surface area contributed by atoms with Crippen molar-refractivity contribution in [3.8, 4) is 0 Å². The van der Waals surface area contributed by atoms with Crippen molar-refractivity contribution in [1.82, 2.24) is 19.8 Å². The summed E-state index contributed by atoms with van der Waals surface area (Å²) in [6.07, 6.45) is 7.49. The van der Waals surface area contributed by atoms with Crippen LogP contribution in [0.4, 0.5) is 0 Å². The third kappa shape index (κ3) is 2.91. The Morgan fingerprint density at radius 3 is 2.89 bits per heavy atom. The van der Waals surface area contributed by atoms with Crippen LogP contribution in [0, 0.1) is 6.92 Å². The highest BCUT2D eigenvalue weighted by molar-refractivity contribution is 7.20. The molecule has 0 aromatic carbocycles. The van der Waals surface area contributed by atoms with Crippen molar-refractivity contribution in [2.24, 2.45) is 0 Å². The van der Waals surface area contributed by atoms with Crippen LogP contribution in [-0.2, 0) is 13.0 Å². The summed E-state index contributed by atoms with van der Waals surface area (Å²) in [6, 6.07) is 0.967. The Hall–Kier alpha value is -1.73. The zero-order chi connectivity index (χ0) is 18.5. The van der Waals surface area contributed by atoms with E-state index in [9.17, 15) is 9.59 Å². The SMILES string of the molecule is Cc1c(C(=O)N2CCC3CCC(C2)N3)sc2nc3n(c(=O)c12)CCCCC3. The summed E-state index contributed by atoms with van der Waals surface area (Å²) in [5.74, 6) is 0.964. The normalized spacial score (nSPS) is 25.3. The smallest absolute Gasteiger partial charge is 0.264 e. The lowest BCUT2D eigenvalue weighted by atomic mass is 10.1. The lowest BCUT2D eigenvalue weighted by molar-refractivity contribution is 0.0752. The van der Waals surface area contributed by atoms with Gasteiger partial charge in [0.05, 0.1) is 10.3 Å². The molecule has 3 aliphatic rings. The number of likely N-dealkylation sites (tertiary alicyclic amines) is 1. The summed E-state index contributed by atoms with van der Waals surface area (Å²) < 4.78 is 1.85. The maximum Gasteiger partial charge on any atom is 0.264 e. The first-order valence-electron chi connectivity index (χ1n) is 10.2. The maximum absolute atomic E-state index is 13.3. The van der Waals surface area contributed by atoms with Gasteiger partial charge < -0.3 is 10.2 Å². The molecule has 5 heterocycles. The van der Waals surface area contributed by atoms with E-state index in [0.717, 1.165) is 74.4 Å². The fraction of sp³-hybridized carbons (Fsp3) is 0.650. The van der Waals surface area contributed by atoms with Crippen LogP contribution in [0.15, 0.2) is 4.79 Å². The average molecular weight is 387 g/mol. The van der Waals surface area contributed by atoms with Crippen LogP contribution in [0.5, 0.6) is 0 Å². The molecule has 2 bridgehead atoms. The molecule has 7 heteroatoms. The minimum absolute atomic E-state index is 0.0429. The lowest BCUT2D eigenvalue weighted by Gasteiger charge is -2.24. The van der Waals surface area contributed by atoms with E-state index >= 15 is 0 Å². The molecular weight excluding hydrogens is 360 g/mol. The number of hydrogen-bond donors (Lipinski definition) is 1. The van der Waals surface area contributed by atoms with Crippen LogP contribution in [-0.4, -0.2) is 45.5 Å². The number of aryl methyl sites for hydroxylation is 2. The molecule has 2 atom stereocenters. The Morgan fingerprint density at radius 2 is 2.00 bits per heavy atom. The van der Waals surface area contributed by atoms with Gasteiger partial charge >= 0.3 is 0 Å². The van der Waals surface area contributed by atoms with E-state index in [0.29, 0.717) is 22.3 Å². The molecule has 2 unspecified atom stereocenters. The number of amides is 1. The molecule has 0 spiro atoms. The lowest BCUT2D eigenvalue weighted by Crippen LogP contribution is -2.39. The highest BCUT2D eigenvalue weighted by Crippen LogP contribution is 2.30. The molecule has 144 valence electrons. The predicted octanol–water partition coefficient (Wildman–Crippen LogP) is 2.46. The molecule has 3 aliphatic heterocycles. The summed E-state index contributed by atoms with van der Waals surface area (Å²) in [4.78, 5) is 34.6. The number of hydrogen-bond acceptors (Lipinski definition) is 5. The van der Waals surface area contributed by atoms with Crippen molar-refractivity contribution in [2.75, 3.05) is 13.1 Å². The molecule has 2 aromatic rings. The third-order valence-electron chi connectivity index (χ3n) is 6.42. The minimum Gasteiger partial charge on any atom is -0.336 e. The van der Waals surface area contributed by atoms with Gasteiger partial charge in [0.15, 0.2) is 0 Å². The Labute approximate surface area is 162 Å². The van der Waals surface area contributed by atoms with Crippen LogP contribution in [0.2, 0.25) is 0 Å². The number of nitrogens with one attached hydrogen (secondary N) is 1. The number of carbonyl (C=O) groups excluding carboxylic acids is 1. The molecule has 2 fully saturated rings. The second kappa shape index (κ2) is 6.71. The topological polar surface area (TPSA) is 67.2 Å². The van der Waals surface area contributed by atoms with Gasteiger partial charge in [0.1, 0.15) is 10.7 Å². The second-order valence-corrected chi connectivity index (χ2v) is 9.21. The number of thiophene rings is 1. The van der Waals surface area contributed by atoms with Crippen LogP contribution < -0.4 is 10.9 Å². The number of fused-ring (bicyclic) bond motifs is 4. The van der Waals surface area contributed by atoms with Gasteiger partial charge in [-0.25, -0.2) is 4.98 Å². The van der Waals surface area contributed by atoms with Gasteiger partial charge in [0.2, 0.25) is 0 Å². The average Bonchev–Trinajstić information content (AvgIpc) is 3.04. The summed E-state index contributed by atoms with van der Waals surface area (Å²) in [5.41, 5.74) is 0.862. The van der Waals surface area contributed by atoms with E-state index < -0.39 is 0 Å². The van der Waals surface area contributed by atoms with Crippen molar-refractivity contribution in [3.63, 3.8) is 0 Å².